The molecule has 3 aromatic rings. The molecule has 1 N–H and O–H groups in total. The second-order valence-electron chi connectivity index (χ2n) is 5.43. The van der Waals surface area contributed by atoms with E-state index in [1.165, 1.54) is 0 Å². The van der Waals surface area contributed by atoms with Crippen LogP contribution in [0.25, 0.3) is 11.0 Å². The van der Waals surface area contributed by atoms with Crippen molar-refractivity contribution in [2.45, 2.75) is 26.8 Å². The number of rotatable bonds is 6. The second kappa shape index (κ2) is 7.17. The Hall–Kier alpha value is -2.82. The largest absolute Gasteiger partial charge is 0.492 e. The molecule has 0 fully saturated rings. The number of imidazole rings is 1. The summed E-state index contributed by atoms with van der Waals surface area (Å²) in [7, 11) is 0. The first-order valence-corrected chi connectivity index (χ1v) is 8.18. The van der Waals surface area contributed by atoms with Crippen molar-refractivity contribution >= 4 is 22.6 Å². The predicted octanol–water partition coefficient (Wildman–Crippen LogP) is 3.64. The Balaban J connectivity index is 1.83. The van der Waals surface area contributed by atoms with Gasteiger partial charge in [0.25, 0.3) is 0 Å². The van der Waals surface area contributed by atoms with Gasteiger partial charge in [0.05, 0.1) is 23.3 Å². The third kappa shape index (κ3) is 3.25. The molecule has 1 amide bonds. The van der Waals surface area contributed by atoms with Crippen LogP contribution in [0.5, 0.6) is 5.75 Å². The molecular formula is C19H21N3O2. The van der Waals surface area contributed by atoms with Crippen LogP contribution in [-0.2, 0) is 17.8 Å². The summed E-state index contributed by atoms with van der Waals surface area (Å²) in [6, 6.07) is 15.3. The highest BCUT2D eigenvalue weighted by Crippen LogP contribution is 2.24. The molecule has 0 aliphatic carbocycles. The topological polar surface area (TPSA) is 56.1 Å². The molecule has 0 saturated carbocycles. The number of aromatic nitrogens is 2. The molecule has 5 nitrogen and oxygen atoms in total. The average molecular weight is 323 g/mol. The molecule has 24 heavy (non-hydrogen) atoms. The Morgan fingerprint density at radius 3 is 2.67 bits per heavy atom. The molecule has 0 aliphatic rings. The Morgan fingerprint density at radius 2 is 1.88 bits per heavy atom. The fourth-order valence-corrected chi connectivity index (χ4v) is 2.76. The van der Waals surface area contributed by atoms with Crippen molar-refractivity contribution in [1.82, 2.24) is 9.55 Å². The van der Waals surface area contributed by atoms with Gasteiger partial charge in [0, 0.05) is 6.42 Å². The first-order valence-electron chi connectivity index (χ1n) is 8.18. The molecule has 0 saturated heterocycles. The third-order valence-electron chi connectivity index (χ3n) is 3.81. The van der Waals surface area contributed by atoms with Crippen LogP contribution in [0.4, 0.5) is 5.69 Å². The van der Waals surface area contributed by atoms with Gasteiger partial charge in [-0.3, -0.25) is 4.79 Å². The summed E-state index contributed by atoms with van der Waals surface area (Å²) in [4.78, 5) is 17.1. The van der Waals surface area contributed by atoms with E-state index in [1.54, 1.807) is 0 Å². The van der Waals surface area contributed by atoms with Gasteiger partial charge in [0.1, 0.15) is 18.1 Å². The number of fused-ring (bicyclic) bond motifs is 1. The van der Waals surface area contributed by atoms with Gasteiger partial charge in [-0.2, -0.15) is 0 Å². The van der Waals surface area contributed by atoms with Gasteiger partial charge >= 0.3 is 0 Å². The Kier molecular flexibility index (Phi) is 4.79. The molecule has 0 atom stereocenters. The van der Waals surface area contributed by atoms with Crippen LogP contribution in [0.3, 0.4) is 0 Å². The van der Waals surface area contributed by atoms with E-state index in [4.69, 9.17) is 4.74 Å². The lowest BCUT2D eigenvalue weighted by Crippen LogP contribution is -2.20. The molecule has 0 radical (unpaired) electrons. The van der Waals surface area contributed by atoms with Crippen LogP contribution in [0, 0.1) is 0 Å². The molecule has 1 heterocycles. The Morgan fingerprint density at radius 1 is 1.12 bits per heavy atom. The zero-order chi connectivity index (χ0) is 16.9. The first kappa shape index (κ1) is 16.1. The summed E-state index contributed by atoms with van der Waals surface area (Å²) in [5.41, 5.74) is 2.58. The van der Waals surface area contributed by atoms with Crippen LogP contribution < -0.4 is 10.1 Å². The SMILES string of the molecule is CCOc1ccccc1NC(=O)Cn1c(CC)nc2ccccc21. The highest BCUT2D eigenvalue weighted by molar-refractivity contribution is 5.93. The van der Waals surface area contributed by atoms with E-state index < -0.39 is 0 Å². The number of benzene rings is 2. The van der Waals surface area contributed by atoms with Crippen molar-refractivity contribution in [1.29, 1.82) is 0 Å². The molecule has 0 aliphatic heterocycles. The second-order valence-corrected chi connectivity index (χ2v) is 5.43. The minimum Gasteiger partial charge on any atom is -0.492 e. The van der Waals surface area contributed by atoms with Gasteiger partial charge in [-0.1, -0.05) is 31.2 Å². The van der Waals surface area contributed by atoms with E-state index in [0.29, 0.717) is 18.0 Å². The normalized spacial score (nSPS) is 10.8. The zero-order valence-electron chi connectivity index (χ0n) is 14.0. The summed E-state index contributed by atoms with van der Waals surface area (Å²) >= 11 is 0. The van der Waals surface area contributed by atoms with Gasteiger partial charge in [-0.15, -0.1) is 0 Å². The van der Waals surface area contributed by atoms with E-state index >= 15 is 0 Å². The molecular weight excluding hydrogens is 302 g/mol. The average Bonchev–Trinajstić information content (AvgIpc) is 2.95. The van der Waals surface area contributed by atoms with E-state index in [1.807, 2.05) is 66.9 Å². The maximum absolute atomic E-state index is 12.5. The van der Waals surface area contributed by atoms with Crippen molar-refractivity contribution in [3.8, 4) is 5.75 Å². The number of hydrogen-bond acceptors (Lipinski definition) is 3. The molecule has 5 heteroatoms. The zero-order valence-corrected chi connectivity index (χ0v) is 14.0. The number of carbonyl (C=O) groups excluding carboxylic acids is 1. The van der Waals surface area contributed by atoms with Crippen molar-refractivity contribution in [3.63, 3.8) is 0 Å². The van der Waals surface area contributed by atoms with Gasteiger partial charge < -0.3 is 14.6 Å². The van der Waals surface area contributed by atoms with Gasteiger partial charge in [0.2, 0.25) is 5.91 Å². The van der Waals surface area contributed by atoms with Crippen LogP contribution in [-0.4, -0.2) is 22.1 Å². The standard InChI is InChI=1S/C19H21N3O2/c1-3-18-20-14-9-5-7-11-16(14)22(18)13-19(23)21-15-10-6-8-12-17(15)24-4-2/h5-12H,3-4,13H2,1-2H3,(H,21,23). The van der Waals surface area contributed by atoms with Crippen molar-refractivity contribution in [3.05, 3.63) is 54.4 Å². The lowest BCUT2D eigenvalue weighted by molar-refractivity contribution is -0.116. The Bertz CT molecular complexity index is 855. The molecule has 1 aromatic heterocycles. The summed E-state index contributed by atoms with van der Waals surface area (Å²) in [6.07, 6.45) is 0.775. The fraction of sp³-hybridized carbons (Fsp3) is 0.263. The monoisotopic (exact) mass is 323 g/mol. The highest BCUT2D eigenvalue weighted by atomic mass is 16.5. The minimum absolute atomic E-state index is 0.0972. The van der Waals surface area contributed by atoms with Gasteiger partial charge in [-0.25, -0.2) is 4.98 Å². The van der Waals surface area contributed by atoms with Gasteiger partial charge in [0.15, 0.2) is 0 Å². The van der Waals surface area contributed by atoms with Crippen LogP contribution >= 0.6 is 0 Å². The summed E-state index contributed by atoms with van der Waals surface area (Å²) < 4.78 is 7.52. The third-order valence-corrected chi connectivity index (χ3v) is 3.81. The molecule has 124 valence electrons. The van der Waals surface area contributed by atoms with Crippen molar-refractivity contribution in [2.75, 3.05) is 11.9 Å². The molecule has 0 bridgehead atoms. The molecule has 0 spiro atoms. The smallest absolute Gasteiger partial charge is 0.244 e. The maximum atomic E-state index is 12.5. The summed E-state index contributed by atoms with van der Waals surface area (Å²) in [5.74, 6) is 1.49. The fourth-order valence-electron chi connectivity index (χ4n) is 2.76. The molecule has 2 aromatic carbocycles. The number of carbonyl (C=O) groups is 1. The first-order chi connectivity index (χ1) is 11.7. The highest BCUT2D eigenvalue weighted by Gasteiger charge is 2.13. The number of para-hydroxylation sites is 4. The molecule has 3 rings (SSSR count). The number of hydrogen-bond donors (Lipinski definition) is 1. The van der Waals surface area contributed by atoms with Crippen LogP contribution in [0.15, 0.2) is 48.5 Å². The van der Waals surface area contributed by atoms with E-state index in [0.717, 1.165) is 23.3 Å². The molecule has 0 unspecified atom stereocenters. The number of aryl methyl sites for hydroxylation is 1. The van der Waals surface area contributed by atoms with E-state index in [2.05, 4.69) is 10.3 Å². The van der Waals surface area contributed by atoms with Crippen molar-refractivity contribution in [2.24, 2.45) is 0 Å². The van der Waals surface area contributed by atoms with Crippen molar-refractivity contribution < 1.29 is 9.53 Å². The van der Waals surface area contributed by atoms with Gasteiger partial charge in [-0.05, 0) is 31.2 Å². The minimum atomic E-state index is -0.0972. The van der Waals surface area contributed by atoms with E-state index in [9.17, 15) is 4.79 Å². The van der Waals surface area contributed by atoms with Crippen LogP contribution in [0.2, 0.25) is 0 Å². The number of ether oxygens (including phenoxy) is 1. The number of nitrogens with one attached hydrogen (secondary N) is 1. The number of nitrogens with zero attached hydrogens (tertiary/aromatic N) is 2. The lowest BCUT2D eigenvalue weighted by Gasteiger charge is -2.12. The Labute approximate surface area is 141 Å². The predicted molar refractivity (Wildman–Crippen MR) is 95.4 cm³/mol. The van der Waals surface area contributed by atoms with Crippen LogP contribution in [0.1, 0.15) is 19.7 Å². The number of amides is 1. The summed E-state index contributed by atoms with van der Waals surface area (Å²) in [6.45, 7) is 4.74. The number of anilines is 1. The lowest BCUT2D eigenvalue weighted by atomic mass is 10.3. The van der Waals surface area contributed by atoms with E-state index in [-0.39, 0.29) is 12.5 Å². The summed E-state index contributed by atoms with van der Waals surface area (Å²) in [5, 5.41) is 2.94. The quantitative estimate of drug-likeness (QED) is 0.753. The maximum Gasteiger partial charge on any atom is 0.244 e.